The van der Waals surface area contributed by atoms with Gasteiger partial charge in [0, 0.05) is 36.2 Å². The molecule has 1 aliphatic heterocycles. The Morgan fingerprint density at radius 2 is 2.22 bits per heavy atom. The number of carbonyl (C=O) groups excluding carboxylic acids is 1. The van der Waals surface area contributed by atoms with E-state index in [2.05, 4.69) is 9.97 Å². The number of thiophene rings is 1. The number of hydrogen-bond acceptors (Lipinski definition) is 6. The van der Waals surface area contributed by atoms with Gasteiger partial charge in [-0.15, -0.1) is 23.7 Å². The number of thioether (sulfide) groups is 1. The van der Waals surface area contributed by atoms with Crippen LogP contribution in [0.25, 0.3) is 10.2 Å². The number of nitrogens with two attached hydrogens (primary N) is 1. The van der Waals surface area contributed by atoms with Crippen molar-refractivity contribution in [3.63, 3.8) is 0 Å². The molecule has 1 aliphatic carbocycles. The van der Waals surface area contributed by atoms with Crippen molar-refractivity contribution in [1.82, 2.24) is 14.9 Å². The number of nitrogens with zero attached hydrogens (tertiary/aromatic N) is 2. The van der Waals surface area contributed by atoms with Crippen LogP contribution in [0.5, 0.6) is 0 Å². The molecule has 3 N–H and O–H groups in total. The molecule has 2 aromatic rings. The first kappa shape index (κ1) is 20.6. The minimum atomic E-state index is -0.0108. The van der Waals surface area contributed by atoms with Gasteiger partial charge in [-0.2, -0.15) is 11.8 Å². The number of piperidine rings is 1. The second kappa shape index (κ2) is 8.94. The maximum absolute atomic E-state index is 12.4. The van der Waals surface area contributed by atoms with E-state index < -0.39 is 0 Å². The zero-order valence-corrected chi connectivity index (χ0v) is 17.6. The van der Waals surface area contributed by atoms with E-state index in [0.717, 1.165) is 54.6 Å². The first-order valence-electron chi connectivity index (χ1n) is 9.26. The van der Waals surface area contributed by atoms with Gasteiger partial charge in [0.2, 0.25) is 5.91 Å². The number of halogens is 1. The van der Waals surface area contributed by atoms with Gasteiger partial charge in [0.25, 0.3) is 5.56 Å². The zero-order valence-electron chi connectivity index (χ0n) is 15.2. The lowest BCUT2D eigenvalue weighted by Crippen LogP contribution is -2.45. The van der Waals surface area contributed by atoms with Crippen LogP contribution in [0.3, 0.4) is 0 Å². The minimum Gasteiger partial charge on any atom is -0.341 e. The number of nitrogens with one attached hydrogen (secondary N) is 1. The number of aryl methyl sites for hydroxylation is 2. The van der Waals surface area contributed by atoms with Crippen molar-refractivity contribution in [3.8, 4) is 0 Å². The van der Waals surface area contributed by atoms with E-state index in [0.29, 0.717) is 24.5 Å². The molecule has 1 atom stereocenters. The molecule has 27 heavy (non-hydrogen) atoms. The summed E-state index contributed by atoms with van der Waals surface area (Å²) in [6.45, 7) is 1.50. The number of H-pyrrole nitrogens is 1. The molecule has 0 aromatic carbocycles. The molecular formula is C18H25ClN4O2S2. The topological polar surface area (TPSA) is 92.1 Å². The van der Waals surface area contributed by atoms with Gasteiger partial charge in [0.15, 0.2) is 0 Å². The number of aromatic amines is 1. The predicted molar refractivity (Wildman–Crippen MR) is 114 cm³/mol. The lowest BCUT2D eigenvalue weighted by atomic mass is 10.1. The molecule has 0 bridgehead atoms. The highest BCUT2D eigenvalue weighted by atomic mass is 35.5. The summed E-state index contributed by atoms with van der Waals surface area (Å²) in [5, 5.41) is 0.799. The summed E-state index contributed by atoms with van der Waals surface area (Å²) in [6.07, 6.45) is 5.72. The van der Waals surface area contributed by atoms with Crippen LogP contribution in [-0.2, 0) is 23.4 Å². The molecule has 1 amide bonds. The van der Waals surface area contributed by atoms with Crippen molar-refractivity contribution in [3.05, 3.63) is 26.6 Å². The van der Waals surface area contributed by atoms with E-state index in [1.807, 2.05) is 4.90 Å². The highest BCUT2D eigenvalue weighted by molar-refractivity contribution is 7.98. The second-order valence-corrected chi connectivity index (χ2v) is 9.28. The van der Waals surface area contributed by atoms with Crippen molar-refractivity contribution < 1.29 is 4.79 Å². The van der Waals surface area contributed by atoms with Crippen molar-refractivity contribution in [1.29, 1.82) is 0 Å². The lowest BCUT2D eigenvalue weighted by molar-refractivity contribution is -0.131. The van der Waals surface area contributed by atoms with Crippen molar-refractivity contribution >= 4 is 51.6 Å². The smallest absolute Gasteiger partial charge is 0.259 e. The number of likely N-dealkylation sites (tertiary alicyclic amines) is 1. The first-order valence-corrected chi connectivity index (χ1v) is 11.2. The molecule has 4 rings (SSSR count). The van der Waals surface area contributed by atoms with Gasteiger partial charge in [-0.25, -0.2) is 4.98 Å². The third-order valence-corrected chi connectivity index (χ3v) is 7.29. The summed E-state index contributed by atoms with van der Waals surface area (Å²) in [6, 6.07) is 0.119. The summed E-state index contributed by atoms with van der Waals surface area (Å²) in [5.74, 6) is 2.24. The number of hydrogen-bond donors (Lipinski definition) is 2. The highest BCUT2D eigenvalue weighted by Crippen LogP contribution is 2.34. The quantitative estimate of drug-likeness (QED) is 0.713. The second-order valence-electron chi connectivity index (χ2n) is 7.09. The zero-order chi connectivity index (χ0) is 18.1. The monoisotopic (exact) mass is 428 g/mol. The molecule has 2 aromatic heterocycles. The Labute approximate surface area is 172 Å². The largest absolute Gasteiger partial charge is 0.341 e. The molecule has 6 nitrogen and oxygen atoms in total. The fourth-order valence-corrected chi connectivity index (χ4v) is 5.91. The van der Waals surface area contributed by atoms with Crippen LogP contribution in [0.2, 0.25) is 0 Å². The van der Waals surface area contributed by atoms with E-state index in [9.17, 15) is 9.59 Å². The molecule has 0 saturated carbocycles. The molecule has 0 radical (unpaired) electrons. The van der Waals surface area contributed by atoms with Crippen LogP contribution >= 0.6 is 35.5 Å². The van der Waals surface area contributed by atoms with Crippen molar-refractivity contribution in [2.45, 2.75) is 50.3 Å². The summed E-state index contributed by atoms with van der Waals surface area (Å²) in [4.78, 5) is 36.3. The van der Waals surface area contributed by atoms with Gasteiger partial charge in [-0.05, 0) is 37.7 Å². The Kier molecular flexibility index (Phi) is 6.83. The third-order valence-electron chi connectivity index (χ3n) is 5.13. The Morgan fingerprint density at radius 1 is 1.37 bits per heavy atom. The Balaban J connectivity index is 0.00000210. The molecule has 9 heteroatoms. The average molecular weight is 429 g/mol. The van der Waals surface area contributed by atoms with Gasteiger partial charge < -0.3 is 15.6 Å². The van der Waals surface area contributed by atoms with Crippen LogP contribution < -0.4 is 11.3 Å². The fourth-order valence-electron chi connectivity index (χ4n) is 3.84. The normalized spacial score (nSPS) is 19.1. The Morgan fingerprint density at radius 3 is 3.04 bits per heavy atom. The van der Waals surface area contributed by atoms with Gasteiger partial charge in [0.05, 0.1) is 11.1 Å². The summed E-state index contributed by atoms with van der Waals surface area (Å²) >= 11 is 3.31. The Bertz CT molecular complexity index is 882. The highest BCUT2D eigenvalue weighted by Gasteiger charge is 2.22. The summed E-state index contributed by atoms with van der Waals surface area (Å²) < 4.78 is 0. The minimum absolute atomic E-state index is 0. The molecule has 2 aliphatic rings. The maximum Gasteiger partial charge on any atom is 0.259 e. The predicted octanol–water partition coefficient (Wildman–Crippen LogP) is 2.47. The van der Waals surface area contributed by atoms with E-state index in [4.69, 9.17) is 5.73 Å². The number of fused-ring (bicyclic) bond motifs is 3. The number of amides is 1. The lowest BCUT2D eigenvalue weighted by Gasteiger charge is -2.30. The standard InChI is InChI=1S/C18H24N4O2S2.ClH/c19-11-3-2-7-22(9-11)15(23)6-8-25-10-14-20-17(24)16-12-4-1-5-13(12)26-18(16)21-14;/h11H,1-10,19H2,(H,20,21,24);1H. The summed E-state index contributed by atoms with van der Waals surface area (Å²) in [7, 11) is 0. The molecule has 1 saturated heterocycles. The van der Waals surface area contributed by atoms with Crippen LogP contribution in [0, 0.1) is 0 Å². The van der Waals surface area contributed by atoms with Gasteiger partial charge in [-0.3, -0.25) is 9.59 Å². The molecular weight excluding hydrogens is 404 g/mol. The molecule has 1 fully saturated rings. The third kappa shape index (κ3) is 4.50. The van der Waals surface area contributed by atoms with Crippen LogP contribution in [0.4, 0.5) is 0 Å². The van der Waals surface area contributed by atoms with Crippen molar-refractivity contribution in [2.75, 3.05) is 18.8 Å². The van der Waals surface area contributed by atoms with Crippen LogP contribution in [0.1, 0.15) is 41.9 Å². The molecule has 1 unspecified atom stereocenters. The number of aromatic nitrogens is 2. The Hall–Kier alpha value is -1.09. The van der Waals surface area contributed by atoms with Crippen molar-refractivity contribution in [2.24, 2.45) is 5.73 Å². The average Bonchev–Trinajstić information content (AvgIpc) is 3.19. The van der Waals surface area contributed by atoms with Crippen LogP contribution in [-0.4, -0.2) is 45.7 Å². The van der Waals surface area contributed by atoms with Gasteiger partial charge in [-0.1, -0.05) is 0 Å². The molecule has 0 spiro atoms. The van der Waals surface area contributed by atoms with E-state index in [1.54, 1.807) is 23.1 Å². The first-order chi connectivity index (χ1) is 12.6. The van der Waals surface area contributed by atoms with Crippen LogP contribution in [0.15, 0.2) is 4.79 Å². The maximum atomic E-state index is 12.4. The SMILES string of the molecule is Cl.NC1CCCN(C(=O)CCSCc2nc3sc4c(c3c(=O)[nH]2)CCC4)C1. The van der Waals surface area contributed by atoms with Gasteiger partial charge >= 0.3 is 0 Å². The van der Waals surface area contributed by atoms with E-state index >= 15 is 0 Å². The summed E-state index contributed by atoms with van der Waals surface area (Å²) in [5.41, 5.74) is 7.14. The van der Waals surface area contributed by atoms with E-state index in [1.165, 1.54) is 10.4 Å². The number of carbonyl (C=O) groups is 1. The number of rotatable bonds is 5. The fraction of sp³-hybridized carbons (Fsp3) is 0.611. The van der Waals surface area contributed by atoms with E-state index in [-0.39, 0.29) is 29.9 Å². The van der Waals surface area contributed by atoms with Gasteiger partial charge in [0.1, 0.15) is 10.7 Å². The molecule has 148 valence electrons. The molecule has 3 heterocycles.